The van der Waals surface area contributed by atoms with Gasteiger partial charge >= 0.3 is 5.97 Å². The van der Waals surface area contributed by atoms with Gasteiger partial charge in [-0.3, -0.25) is 4.79 Å². The van der Waals surface area contributed by atoms with Crippen LogP contribution >= 0.6 is 23.2 Å². The summed E-state index contributed by atoms with van der Waals surface area (Å²) in [6, 6.07) is 2.00. The number of benzene rings is 1. The minimum Gasteiger partial charge on any atom is -0.465 e. The summed E-state index contributed by atoms with van der Waals surface area (Å²) < 4.78 is 18.0. The van der Waals surface area contributed by atoms with Gasteiger partial charge in [0.25, 0.3) is 0 Å². The maximum absolute atomic E-state index is 13.4. The molecule has 0 unspecified atom stereocenters. The number of halogens is 3. The van der Waals surface area contributed by atoms with Crippen molar-refractivity contribution in [2.45, 2.75) is 0 Å². The fourth-order valence-corrected chi connectivity index (χ4v) is 1.88. The first-order valence-electron chi connectivity index (χ1n) is 5.43. The average molecular weight is 320 g/mol. The number of hydrogen-bond donors (Lipinski definition) is 0. The third kappa shape index (κ3) is 3.71. The van der Waals surface area contributed by atoms with Gasteiger partial charge in [-0.1, -0.05) is 23.2 Å². The molecule has 0 saturated carbocycles. The van der Waals surface area contributed by atoms with Gasteiger partial charge in [0.15, 0.2) is 0 Å². The zero-order chi connectivity index (χ0) is 15.4. The summed E-state index contributed by atoms with van der Waals surface area (Å²) in [4.78, 5) is 25.4. The van der Waals surface area contributed by atoms with Crippen LogP contribution in [0.5, 0.6) is 0 Å². The average Bonchev–Trinajstić information content (AvgIpc) is 2.38. The van der Waals surface area contributed by atoms with Crippen molar-refractivity contribution in [1.82, 2.24) is 4.90 Å². The summed E-state index contributed by atoms with van der Waals surface area (Å²) in [7, 11) is 4.39. The smallest absolute Gasteiger partial charge is 0.343 e. The topological polar surface area (TPSA) is 46.6 Å². The molecule has 0 bridgehead atoms. The highest BCUT2D eigenvalue weighted by atomic mass is 35.5. The van der Waals surface area contributed by atoms with E-state index in [9.17, 15) is 14.0 Å². The Morgan fingerprint density at radius 3 is 2.35 bits per heavy atom. The first-order valence-corrected chi connectivity index (χ1v) is 6.19. The minimum atomic E-state index is -0.838. The highest BCUT2D eigenvalue weighted by molar-refractivity contribution is 6.39. The Kier molecular flexibility index (Phi) is 5.53. The Morgan fingerprint density at radius 1 is 1.25 bits per heavy atom. The summed E-state index contributed by atoms with van der Waals surface area (Å²) in [5.41, 5.74) is -0.423. The van der Waals surface area contributed by atoms with Crippen LogP contribution in [0.4, 0.5) is 4.39 Å². The predicted molar refractivity (Wildman–Crippen MR) is 74.5 cm³/mol. The molecule has 0 N–H and O–H groups in total. The van der Waals surface area contributed by atoms with E-state index in [0.717, 1.165) is 19.2 Å². The van der Waals surface area contributed by atoms with Crippen molar-refractivity contribution < 1.29 is 18.7 Å². The van der Waals surface area contributed by atoms with E-state index < -0.39 is 17.6 Å². The van der Waals surface area contributed by atoms with E-state index >= 15 is 0 Å². The summed E-state index contributed by atoms with van der Waals surface area (Å²) in [5.74, 6) is -2.38. The highest BCUT2D eigenvalue weighted by Gasteiger charge is 2.24. The van der Waals surface area contributed by atoms with Crippen LogP contribution < -0.4 is 0 Å². The molecule has 0 fully saturated rings. The van der Waals surface area contributed by atoms with Gasteiger partial charge in [-0.15, -0.1) is 0 Å². The molecule has 0 atom stereocenters. The lowest BCUT2D eigenvalue weighted by atomic mass is 10.0. The van der Waals surface area contributed by atoms with Gasteiger partial charge in [0.1, 0.15) is 11.4 Å². The normalized spacial score (nSPS) is 11.2. The molecular weight excluding hydrogens is 308 g/mol. The maximum Gasteiger partial charge on any atom is 0.343 e. The van der Waals surface area contributed by atoms with Crippen molar-refractivity contribution in [3.63, 3.8) is 0 Å². The SMILES string of the molecule is COC(=O)/C(=C\N(C)C)C(=O)c1cc(F)c(Cl)cc1Cl. The first kappa shape index (κ1) is 16.5. The van der Waals surface area contributed by atoms with E-state index in [1.807, 2.05) is 0 Å². The first-order chi connectivity index (χ1) is 9.27. The quantitative estimate of drug-likeness (QED) is 0.214. The summed E-state index contributed by atoms with van der Waals surface area (Å²) in [6.07, 6.45) is 1.27. The van der Waals surface area contributed by atoms with E-state index in [0.29, 0.717) is 0 Å². The monoisotopic (exact) mass is 319 g/mol. The minimum absolute atomic E-state index is 0.0463. The Balaban J connectivity index is 3.33. The number of methoxy groups -OCH3 is 1. The van der Waals surface area contributed by atoms with Crippen LogP contribution in [-0.4, -0.2) is 37.9 Å². The Hall–Kier alpha value is -1.59. The Bertz CT molecular complexity index is 585. The number of esters is 1. The van der Waals surface area contributed by atoms with Crippen molar-refractivity contribution in [1.29, 1.82) is 0 Å². The lowest BCUT2D eigenvalue weighted by molar-refractivity contribution is -0.135. The fraction of sp³-hybridized carbons (Fsp3) is 0.231. The van der Waals surface area contributed by atoms with Crippen molar-refractivity contribution >= 4 is 35.0 Å². The summed E-state index contributed by atoms with van der Waals surface area (Å²) in [6.45, 7) is 0. The molecule has 4 nitrogen and oxygen atoms in total. The van der Waals surface area contributed by atoms with Crippen LogP contribution in [0.15, 0.2) is 23.9 Å². The number of ether oxygens (including phenoxy) is 1. The Morgan fingerprint density at radius 2 is 1.85 bits per heavy atom. The lowest BCUT2D eigenvalue weighted by Crippen LogP contribution is -2.18. The van der Waals surface area contributed by atoms with Gasteiger partial charge in [-0.2, -0.15) is 0 Å². The van der Waals surface area contributed by atoms with E-state index in [1.54, 1.807) is 14.1 Å². The number of Topliss-reactive ketones (excluding diaryl/α,β-unsaturated/α-hetero) is 1. The molecule has 108 valence electrons. The van der Waals surface area contributed by atoms with Crippen molar-refractivity contribution in [3.8, 4) is 0 Å². The molecule has 0 aliphatic heterocycles. The molecule has 0 aliphatic carbocycles. The zero-order valence-electron chi connectivity index (χ0n) is 11.0. The van der Waals surface area contributed by atoms with Crippen LogP contribution in [0.25, 0.3) is 0 Å². The number of carbonyl (C=O) groups is 2. The van der Waals surface area contributed by atoms with Gasteiger partial charge in [-0.25, -0.2) is 9.18 Å². The molecule has 20 heavy (non-hydrogen) atoms. The molecule has 0 aromatic heterocycles. The number of carbonyl (C=O) groups excluding carboxylic acids is 2. The van der Waals surface area contributed by atoms with Crippen LogP contribution in [-0.2, 0) is 9.53 Å². The number of hydrogen-bond acceptors (Lipinski definition) is 4. The van der Waals surface area contributed by atoms with Crippen molar-refractivity contribution in [2.75, 3.05) is 21.2 Å². The van der Waals surface area contributed by atoms with E-state index in [-0.39, 0.29) is 21.2 Å². The van der Waals surface area contributed by atoms with Crippen LogP contribution in [0.1, 0.15) is 10.4 Å². The second-order valence-corrected chi connectivity index (χ2v) is 4.89. The molecule has 1 aromatic rings. The van der Waals surface area contributed by atoms with Gasteiger partial charge in [0.05, 0.1) is 17.2 Å². The van der Waals surface area contributed by atoms with Crippen LogP contribution in [0.2, 0.25) is 10.0 Å². The summed E-state index contributed by atoms with van der Waals surface area (Å²) in [5, 5.41) is -0.252. The number of rotatable bonds is 4. The molecule has 1 aromatic carbocycles. The van der Waals surface area contributed by atoms with Crippen LogP contribution in [0, 0.1) is 5.82 Å². The summed E-state index contributed by atoms with van der Waals surface area (Å²) >= 11 is 11.4. The number of nitrogens with zero attached hydrogens (tertiary/aromatic N) is 1. The molecule has 1 rings (SSSR count). The van der Waals surface area contributed by atoms with Crippen LogP contribution in [0.3, 0.4) is 0 Å². The molecule has 0 aliphatic rings. The van der Waals surface area contributed by atoms with E-state index in [2.05, 4.69) is 4.74 Å². The van der Waals surface area contributed by atoms with Gasteiger partial charge in [0.2, 0.25) is 5.78 Å². The Labute approximate surface area is 125 Å². The molecule has 0 spiro atoms. The molecular formula is C13H12Cl2FNO3. The molecule has 0 radical (unpaired) electrons. The van der Waals surface area contributed by atoms with Gasteiger partial charge in [0, 0.05) is 25.9 Å². The largest absolute Gasteiger partial charge is 0.465 e. The highest BCUT2D eigenvalue weighted by Crippen LogP contribution is 2.26. The second kappa shape index (κ2) is 6.72. The van der Waals surface area contributed by atoms with Gasteiger partial charge < -0.3 is 9.64 Å². The third-order valence-corrected chi connectivity index (χ3v) is 2.89. The van der Waals surface area contributed by atoms with Crippen molar-refractivity contribution in [3.05, 3.63) is 45.3 Å². The third-order valence-electron chi connectivity index (χ3n) is 2.29. The molecule has 0 saturated heterocycles. The second-order valence-electron chi connectivity index (χ2n) is 4.07. The lowest BCUT2D eigenvalue weighted by Gasteiger charge is -2.11. The fourth-order valence-electron chi connectivity index (χ4n) is 1.41. The zero-order valence-corrected chi connectivity index (χ0v) is 12.5. The molecule has 0 heterocycles. The maximum atomic E-state index is 13.4. The molecule has 7 heteroatoms. The molecule has 0 amide bonds. The van der Waals surface area contributed by atoms with Gasteiger partial charge in [-0.05, 0) is 12.1 Å². The standard InChI is InChI=1S/C13H12Cl2FNO3/c1-17(2)6-8(13(19)20-3)12(18)7-4-11(16)10(15)5-9(7)14/h4-6H,1-3H3/b8-6-. The van der Waals surface area contributed by atoms with E-state index in [4.69, 9.17) is 23.2 Å². The number of ketones is 1. The van der Waals surface area contributed by atoms with E-state index in [1.165, 1.54) is 11.1 Å². The predicted octanol–water partition coefficient (Wildman–Crippen LogP) is 2.93. The van der Waals surface area contributed by atoms with Crippen molar-refractivity contribution in [2.24, 2.45) is 0 Å².